The fourth-order valence-electron chi connectivity index (χ4n) is 6.54. The highest BCUT2D eigenvalue weighted by molar-refractivity contribution is 7.93. The first-order chi connectivity index (χ1) is 23.8. The molecule has 2 amide bonds. The average molecular weight is 748 g/mol. The Morgan fingerprint density at radius 2 is 1.65 bits per heavy atom. The first-order valence-corrected chi connectivity index (χ1v) is 16.2. The lowest BCUT2D eigenvalue weighted by Crippen LogP contribution is -2.59. The number of amides is 2. The van der Waals surface area contributed by atoms with E-state index in [-0.39, 0.29) is 33.5 Å². The van der Waals surface area contributed by atoms with Crippen molar-refractivity contribution in [3.05, 3.63) is 65.7 Å². The lowest BCUT2D eigenvalue weighted by atomic mass is 9.80. The number of carbonyl (C=O) groups excluding carboxylic acids is 2. The van der Waals surface area contributed by atoms with Gasteiger partial charge in [0.05, 0.1) is 24.9 Å². The number of carbonyl (C=O) groups is 2. The number of halogens is 6. The molecule has 3 aliphatic heterocycles. The molecule has 3 aliphatic rings. The van der Waals surface area contributed by atoms with Gasteiger partial charge in [0.25, 0.3) is 15.9 Å². The van der Waals surface area contributed by atoms with Crippen molar-refractivity contribution in [2.24, 2.45) is 0 Å². The molecule has 0 aromatic heterocycles. The molecule has 274 valence electrons. The van der Waals surface area contributed by atoms with E-state index in [2.05, 4.69) is 9.47 Å². The maximum absolute atomic E-state index is 15.3. The van der Waals surface area contributed by atoms with E-state index >= 15 is 4.79 Å². The molecule has 20 heteroatoms. The first-order valence-electron chi connectivity index (χ1n) is 14.8. The van der Waals surface area contributed by atoms with Crippen LogP contribution in [0.4, 0.5) is 32.0 Å². The van der Waals surface area contributed by atoms with Crippen molar-refractivity contribution < 1.29 is 73.1 Å². The molecule has 3 aromatic rings. The van der Waals surface area contributed by atoms with Gasteiger partial charge in [0.15, 0.2) is 22.8 Å². The number of benzene rings is 3. The Hall–Kier alpha value is -4.95. The molecule has 1 unspecified atom stereocenters. The molecule has 0 spiro atoms. The van der Waals surface area contributed by atoms with Crippen LogP contribution in [0.1, 0.15) is 17.5 Å². The molecule has 13 nitrogen and oxygen atoms in total. The third-order valence-corrected chi connectivity index (χ3v) is 10.2. The maximum atomic E-state index is 15.3. The number of likely N-dealkylation sites (tertiary alicyclic amines) is 1. The van der Waals surface area contributed by atoms with Crippen LogP contribution in [0.2, 0.25) is 0 Å². The number of rotatable bonds is 8. The number of alkyl halides is 6. The number of sulfonamides is 1. The fraction of sp³-hybridized carbons (Fsp3) is 0.355. The summed E-state index contributed by atoms with van der Waals surface area (Å²) in [6.07, 6.45) is -12.3. The summed E-state index contributed by atoms with van der Waals surface area (Å²) in [7, 11) is -1.65. The number of aliphatic hydroxyl groups is 1. The predicted octanol–water partition coefficient (Wildman–Crippen LogP) is 3.72. The van der Waals surface area contributed by atoms with E-state index in [0.29, 0.717) is 18.2 Å². The van der Waals surface area contributed by atoms with Crippen molar-refractivity contribution in [1.82, 2.24) is 9.80 Å². The zero-order valence-corrected chi connectivity index (χ0v) is 27.4. The second-order valence-electron chi connectivity index (χ2n) is 11.7. The number of fused-ring (bicyclic) bond motifs is 2. The molecule has 0 radical (unpaired) electrons. The van der Waals surface area contributed by atoms with Crippen LogP contribution in [0.5, 0.6) is 28.7 Å². The fourth-order valence-corrected chi connectivity index (χ4v) is 8.11. The molecule has 0 bridgehead atoms. The van der Waals surface area contributed by atoms with E-state index in [1.807, 2.05) is 0 Å². The summed E-state index contributed by atoms with van der Waals surface area (Å²) in [5.41, 5.74) is -3.94. The number of ether oxygens (including phenoxy) is 5. The van der Waals surface area contributed by atoms with Crippen molar-refractivity contribution in [2.45, 2.75) is 41.7 Å². The molecule has 3 aromatic carbocycles. The van der Waals surface area contributed by atoms with Crippen molar-refractivity contribution in [1.29, 1.82) is 0 Å². The summed E-state index contributed by atoms with van der Waals surface area (Å²) in [4.78, 5) is 30.0. The van der Waals surface area contributed by atoms with Crippen molar-refractivity contribution >= 4 is 27.5 Å². The van der Waals surface area contributed by atoms with Crippen LogP contribution in [0, 0.1) is 0 Å². The second kappa shape index (κ2) is 12.4. The summed E-state index contributed by atoms with van der Waals surface area (Å²) >= 11 is 0. The van der Waals surface area contributed by atoms with Crippen LogP contribution < -0.4 is 28.0 Å². The summed E-state index contributed by atoms with van der Waals surface area (Å²) in [5, 5.41) is 10.9. The van der Waals surface area contributed by atoms with Gasteiger partial charge >= 0.3 is 12.7 Å². The Balaban J connectivity index is 1.70. The standard InChI is InChI=1S/C31H27F6N3O10S/c1-38(2)27(42)22-11-16(41)14-39(22)29(19-5-4-6-23-26(19)48-15-47-23)20-12-18(49-30(32,33)34)7-9-21(20)40(28(29)43)51(44,45)25-10-8-17(46-3)13-24(25)50-31(35,36)37/h4-10,12-13,16,22,41H,11,14-15H2,1-3H3/t16-,22+,29?/m1/s1. The molecular formula is C31H27F6N3O10S. The van der Waals surface area contributed by atoms with Crippen LogP contribution in [0.25, 0.3) is 0 Å². The molecule has 1 N–H and O–H groups in total. The van der Waals surface area contributed by atoms with Gasteiger partial charge in [-0.2, -0.15) is 0 Å². The Bertz CT molecular complexity index is 2010. The Morgan fingerprint density at radius 1 is 0.961 bits per heavy atom. The van der Waals surface area contributed by atoms with Crippen molar-refractivity contribution in [3.8, 4) is 28.7 Å². The van der Waals surface area contributed by atoms with E-state index < -0.39 is 93.2 Å². The minimum atomic E-state index is -5.48. The number of methoxy groups -OCH3 is 1. The average Bonchev–Trinajstić information content (AvgIpc) is 3.73. The van der Waals surface area contributed by atoms with Crippen LogP contribution in [-0.2, 0) is 25.2 Å². The van der Waals surface area contributed by atoms with Gasteiger partial charge in [-0.1, -0.05) is 12.1 Å². The van der Waals surface area contributed by atoms with E-state index in [4.69, 9.17) is 14.2 Å². The van der Waals surface area contributed by atoms with Gasteiger partial charge in [0.1, 0.15) is 16.4 Å². The van der Waals surface area contributed by atoms with Crippen molar-refractivity contribution in [3.63, 3.8) is 0 Å². The third kappa shape index (κ3) is 6.09. The zero-order chi connectivity index (χ0) is 37.3. The molecular weight excluding hydrogens is 720 g/mol. The Kier molecular flexibility index (Phi) is 8.70. The molecule has 51 heavy (non-hydrogen) atoms. The largest absolute Gasteiger partial charge is 0.573 e. The highest BCUT2D eigenvalue weighted by Crippen LogP contribution is 2.57. The summed E-state index contributed by atoms with van der Waals surface area (Å²) in [6, 6.07) is 7.23. The van der Waals surface area contributed by atoms with Gasteiger partial charge in [0, 0.05) is 37.8 Å². The van der Waals surface area contributed by atoms with Gasteiger partial charge in [0.2, 0.25) is 12.7 Å². The third-order valence-electron chi connectivity index (χ3n) is 8.42. The quantitative estimate of drug-likeness (QED) is 0.337. The molecule has 1 saturated heterocycles. The number of hydrogen-bond donors (Lipinski definition) is 1. The number of β-amino-alcohol motifs (C(OH)–C–C–N with tert-alkyl or cyclic N) is 1. The minimum absolute atomic E-state index is 0.0384. The van der Waals surface area contributed by atoms with Crippen LogP contribution in [0.3, 0.4) is 0 Å². The number of para-hydroxylation sites is 1. The molecule has 0 saturated carbocycles. The van der Waals surface area contributed by atoms with Gasteiger partial charge in [-0.3, -0.25) is 14.5 Å². The summed E-state index contributed by atoms with van der Waals surface area (Å²) < 4.78 is 135. The van der Waals surface area contributed by atoms with Gasteiger partial charge < -0.3 is 33.7 Å². The number of likely N-dealkylation sites (N-methyl/N-ethyl adjacent to an activating group) is 1. The van der Waals surface area contributed by atoms with Crippen LogP contribution >= 0.6 is 0 Å². The second-order valence-corrected chi connectivity index (χ2v) is 13.5. The predicted molar refractivity (Wildman–Crippen MR) is 161 cm³/mol. The van der Waals surface area contributed by atoms with E-state index in [9.17, 15) is 44.7 Å². The van der Waals surface area contributed by atoms with E-state index in [0.717, 1.165) is 35.1 Å². The lowest BCUT2D eigenvalue weighted by Gasteiger charge is -2.41. The van der Waals surface area contributed by atoms with Gasteiger partial charge in [-0.25, -0.2) is 12.7 Å². The van der Waals surface area contributed by atoms with Crippen molar-refractivity contribution in [2.75, 3.05) is 38.8 Å². The van der Waals surface area contributed by atoms with Gasteiger partial charge in [-0.05, 0) is 42.8 Å². The van der Waals surface area contributed by atoms with Gasteiger partial charge in [-0.15, -0.1) is 26.3 Å². The number of anilines is 1. The number of nitrogens with zero attached hydrogens (tertiary/aromatic N) is 3. The van der Waals surface area contributed by atoms with E-state index in [1.54, 1.807) is 0 Å². The van der Waals surface area contributed by atoms with E-state index in [1.165, 1.54) is 32.3 Å². The van der Waals surface area contributed by atoms with Crippen LogP contribution in [-0.4, -0.2) is 94.6 Å². The van der Waals surface area contributed by atoms with Crippen LogP contribution in [0.15, 0.2) is 59.5 Å². The Labute approximate surface area is 285 Å². The normalized spacial score (nSPS) is 21.8. The smallest absolute Gasteiger partial charge is 0.497 e. The molecule has 3 heterocycles. The molecule has 0 aliphatic carbocycles. The minimum Gasteiger partial charge on any atom is -0.497 e. The summed E-state index contributed by atoms with van der Waals surface area (Å²) in [5.74, 6) is -4.71. The Morgan fingerprint density at radius 3 is 2.29 bits per heavy atom. The highest BCUT2D eigenvalue weighted by atomic mass is 32.2. The summed E-state index contributed by atoms with van der Waals surface area (Å²) in [6.45, 7) is -0.904. The number of hydrogen-bond acceptors (Lipinski definition) is 11. The highest BCUT2D eigenvalue weighted by Gasteiger charge is 2.64. The SMILES string of the molecule is COc1ccc(S(=O)(=O)N2C(=O)C(c3cccc4c3OCO4)(N3C[C@H](O)C[C@H]3C(=O)N(C)C)c3cc(OC(F)(F)F)ccc32)c(OC(F)(F)F)c1. The maximum Gasteiger partial charge on any atom is 0.573 e. The molecule has 1 fully saturated rings. The lowest BCUT2D eigenvalue weighted by molar-refractivity contribution is -0.276. The monoisotopic (exact) mass is 747 g/mol. The zero-order valence-electron chi connectivity index (χ0n) is 26.6. The first kappa shape index (κ1) is 35.9. The molecule has 3 atom stereocenters. The topological polar surface area (TPSA) is 144 Å². The molecule has 6 rings (SSSR count). The number of aliphatic hydroxyl groups excluding tert-OH is 1.